The van der Waals surface area contributed by atoms with Crippen LogP contribution in [0.2, 0.25) is 0 Å². The second-order valence-corrected chi connectivity index (χ2v) is 3.19. The van der Waals surface area contributed by atoms with E-state index in [4.69, 9.17) is 5.11 Å². The van der Waals surface area contributed by atoms with Gasteiger partial charge in [-0.05, 0) is 6.08 Å². The Bertz CT molecular complexity index is 173. The maximum absolute atomic E-state index is 11.2. The van der Waals surface area contributed by atoms with Crippen molar-refractivity contribution in [3.8, 4) is 0 Å². The average Bonchev–Trinajstić information content (AvgIpc) is 2.01. The van der Waals surface area contributed by atoms with Gasteiger partial charge in [0.25, 0.3) is 0 Å². The smallest absolute Gasteiger partial charge is 0.310 e. The molecule has 0 saturated carbocycles. The topological polar surface area (TPSA) is 37.3 Å². The van der Waals surface area contributed by atoms with Gasteiger partial charge in [-0.3, -0.25) is 4.48 Å². The number of carbonyl (C=O) groups is 1. The highest BCUT2D eigenvalue weighted by molar-refractivity contribution is 5.65. The largest absolute Gasteiger partial charge is 1.00 e. The number of aliphatic hydroxyl groups is 1. The summed E-state index contributed by atoms with van der Waals surface area (Å²) in [6.07, 6.45) is 2.39. The zero-order valence-electron chi connectivity index (χ0n) is 8.29. The molecule has 0 heterocycles. The highest BCUT2D eigenvalue weighted by atomic mass is 35.5. The van der Waals surface area contributed by atoms with Gasteiger partial charge < -0.3 is 17.5 Å². The van der Waals surface area contributed by atoms with E-state index in [1.165, 1.54) is 0 Å². The van der Waals surface area contributed by atoms with Gasteiger partial charge in [0.05, 0.1) is 20.5 Å². The number of quaternary nitrogens is 1. The van der Waals surface area contributed by atoms with E-state index in [1.807, 2.05) is 7.05 Å². The van der Waals surface area contributed by atoms with Crippen LogP contribution < -0.4 is 12.4 Å². The zero-order valence-corrected chi connectivity index (χ0v) is 9.05. The summed E-state index contributed by atoms with van der Waals surface area (Å²) in [6.45, 7) is 6.63. The van der Waals surface area contributed by atoms with Crippen LogP contribution in [0.25, 0.3) is 0 Å². The van der Waals surface area contributed by atoms with Crippen LogP contribution in [-0.2, 0) is 4.79 Å². The van der Waals surface area contributed by atoms with E-state index in [1.54, 1.807) is 13.0 Å². The molecule has 3 nitrogen and oxygen atoms in total. The Hall–Kier alpha value is -0.380. The van der Waals surface area contributed by atoms with Crippen LogP contribution in [-0.4, -0.2) is 42.2 Å². The van der Waals surface area contributed by atoms with Gasteiger partial charge >= 0.3 is 5.91 Å². The average molecular weight is 208 g/mol. The predicted octanol–water partition coefficient (Wildman–Crippen LogP) is -2.45. The molecule has 0 fully saturated rings. The molecule has 1 unspecified atom stereocenters. The molecule has 0 saturated heterocycles. The molecule has 1 amide bonds. The van der Waals surface area contributed by atoms with E-state index in [0.29, 0.717) is 24.0 Å². The second-order valence-electron chi connectivity index (χ2n) is 3.19. The van der Waals surface area contributed by atoms with Crippen LogP contribution in [0, 0.1) is 0 Å². The quantitative estimate of drug-likeness (QED) is 0.402. The third kappa shape index (κ3) is 5.03. The number of hydrogen-bond donors (Lipinski definition) is 1. The standard InChI is InChI=1S/C9H18NO2.ClH/c1-4-6-10(3,9(2)12)7-5-8-11;/h4,11H,1,5-8H2,2-3H3;1H/q+1;/p-1. The van der Waals surface area contributed by atoms with Gasteiger partial charge in [0.2, 0.25) is 0 Å². The third-order valence-electron chi connectivity index (χ3n) is 2.10. The fraction of sp³-hybridized carbons (Fsp3) is 0.667. The highest BCUT2D eigenvalue weighted by Crippen LogP contribution is 2.04. The van der Waals surface area contributed by atoms with E-state index < -0.39 is 0 Å². The summed E-state index contributed by atoms with van der Waals surface area (Å²) >= 11 is 0. The van der Waals surface area contributed by atoms with Gasteiger partial charge in [-0.2, -0.15) is 0 Å². The van der Waals surface area contributed by atoms with Gasteiger partial charge in [-0.25, -0.2) is 4.79 Å². The molecule has 0 spiro atoms. The molecular weight excluding hydrogens is 190 g/mol. The van der Waals surface area contributed by atoms with Crippen molar-refractivity contribution in [3.05, 3.63) is 12.7 Å². The lowest BCUT2D eigenvalue weighted by molar-refractivity contribution is -0.828. The predicted molar refractivity (Wildman–Crippen MR) is 48.5 cm³/mol. The van der Waals surface area contributed by atoms with Crippen molar-refractivity contribution in [2.45, 2.75) is 13.3 Å². The Morgan fingerprint density at radius 1 is 1.62 bits per heavy atom. The molecule has 0 aromatic rings. The Morgan fingerprint density at radius 2 is 2.15 bits per heavy atom. The molecule has 0 aliphatic rings. The van der Waals surface area contributed by atoms with Crippen molar-refractivity contribution in [2.24, 2.45) is 0 Å². The van der Waals surface area contributed by atoms with Gasteiger partial charge in [-0.1, -0.05) is 6.58 Å². The lowest BCUT2D eigenvalue weighted by Crippen LogP contribution is -3.00. The number of likely N-dealkylation sites (N-methyl/N-ethyl adjacent to an activating group) is 1. The monoisotopic (exact) mass is 207 g/mol. The summed E-state index contributed by atoms with van der Waals surface area (Å²) in [6, 6.07) is 0. The SMILES string of the molecule is C=CC[N+](C)(CCCO)C(C)=O.[Cl-]. The number of aliphatic hydroxyl groups excluding tert-OH is 1. The van der Waals surface area contributed by atoms with Crippen LogP contribution in [0.3, 0.4) is 0 Å². The van der Waals surface area contributed by atoms with Crippen LogP contribution in [0.1, 0.15) is 13.3 Å². The Labute approximate surface area is 86.0 Å². The molecule has 0 aromatic heterocycles. The maximum atomic E-state index is 11.2. The molecule has 0 aliphatic heterocycles. The molecule has 1 atom stereocenters. The fourth-order valence-electron chi connectivity index (χ4n) is 1.08. The number of halogens is 1. The first-order valence-electron chi connectivity index (χ1n) is 4.14. The van der Waals surface area contributed by atoms with Crippen LogP contribution in [0.15, 0.2) is 12.7 Å². The third-order valence-corrected chi connectivity index (χ3v) is 2.10. The molecule has 4 heteroatoms. The Balaban J connectivity index is 0. The summed E-state index contributed by atoms with van der Waals surface area (Å²) in [5.74, 6) is 0.114. The number of carbonyl (C=O) groups excluding carboxylic acids is 1. The van der Waals surface area contributed by atoms with Gasteiger partial charge in [0.1, 0.15) is 6.54 Å². The number of hydrogen-bond acceptors (Lipinski definition) is 2. The van der Waals surface area contributed by atoms with Gasteiger partial charge in [0.15, 0.2) is 0 Å². The molecule has 0 radical (unpaired) electrons. The number of amides is 1. The molecule has 1 N–H and O–H groups in total. The van der Waals surface area contributed by atoms with Crippen molar-refractivity contribution in [1.29, 1.82) is 0 Å². The first-order valence-corrected chi connectivity index (χ1v) is 4.14. The molecule has 13 heavy (non-hydrogen) atoms. The van der Waals surface area contributed by atoms with E-state index in [9.17, 15) is 4.79 Å². The van der Waals surface area contributed by atoms with E-state index in [2.05, 4.69) is 6.58 Å². The summed E-state index contributed by atoms with van der Waals surface area (Å²) in [5.41, 5.74) is 0. The Morgan fingerprint density at radius 3 is 2.46 bits per heavy atom. The van der Waals surface area contributed by atoms with Crippen LogP contribution in [0.5, 0.6) is 0 Å². The molecular formula is C9H18ClNO2. The normalized spacial score (nSPS) is 14.1. The Kier molecular flexibility index (Phi) is 8.21. The highest BCUT2D eigenvalue weighted by Gasteiger charge is 2.24. The summed E-state index contributed by atoms with van der Waals surface area (Å²) < 4.78 is 0.337. The van der Waals surface area contributed by atoms with Crippen molar-refractivity contribution in [3.63, 3.8) is 0 Å². The van der Waals surface area contributed by atoms with E-state index in [-0.39, 0.29) is 24.9 Å². The van der Waals surface area contributed by atoms with Crippen molar-refractivity contribution >= 4 is 5.91 Å². The minimum absolute atomic E-state index is 0. The molecule has 0 aromatic carbocycles. The summed E-state index contributed by atoms with van der Waals surface area (Å²) in [4.78, 5) is 11.2. The van der Waals surface area contributed by atoms with E-state index >= 15 is 0 Å². The molecule has 78 valence electrons. The molecule has 0 bridgehead atoms. The fourth-order valence-corrected chi connectivity index (χ4v) is 1.08. The minimum atomic E-state index is 0. The van der Waals surface area contributed by atoms with E-state index in [0.717, 1.165) is 0 Å². The maximum Gasteiger partial charge on any atom is 0.310 e. The van der Waals surface area contributed by atoms with Crippen molar-refractivity contribution in [2.75, 3.05) is 26.7 Å². The number of nitrogens with zero attached hydrogens (tertiary/aromatic N) is 1. The minimum Gasteiger partial charge on any atom is -1.00 e. The lowest BCUT2D eigenvalue weighted by atomic mass is 10.3. The first kappa shape index (κ1) is 15.1. The molecule has 0 aliphatic carbocycles. The zero-order chi connectivity index (χ0) is 9.61. The van der Waals surface area contributed by atoms with Crippen molar-refractivity contribution in [1.82, 2.24) is 0 Å². The molecule has 0 rings (SSSR count). The number of rotatable bonds is 5. The lowest BCUT2D eigenvalue weighted by Gasteiger charge is -2.28. The van der Waals surface area contributed by atoms with Crippen LogP contribution >= 0.6 is 0 Å². The summed E-state index contributed by atoms with van der Waals surface area (Å²) in [7, 11) is 1.86. The van der Waals surface area contributed by atoms with Crippen LogP contribution in [0.4, 0.5) is 0 Å². The summed E-state index contributed by atoms with van der Waals surface area (Å²) in [5, 5.41) is 8.63. The van der Waals surface area contributed by atoms with Gasteiger partial charge in [-0.15, -0.1) is 0 Å². The second kappa shape index (κ2) is 7.06. The first-order chi connectivity index (χ1) is 5.56. The van der Waals surface area contributed by atoms with Crippen molar-refractivity contribution < 1.29 is 26.8 Å². The van der Waals surface area contributed by atoms with Gasteiger partial charge in [0, 0.05) is 13.0 Å².